The van der Waals surface area contributed by atoms with E-state index in [2.05, 4.69) is 16.0 Å². The first-order valence-electron chi connectivity index (χ1n) is 9.18. The first-order valence-corrected chi connectivity index (χ1v) is 9.56. The average Bonchev–Trinajstić information content (AvgIpc) is 2.67. The topological polar surface area (TPSA) is 106 Å². The molecule has 0 bridgehead atoms. The number of nitrogens with one attached hydrogen (secondary N) is 3. The lowest BCUT2D eigenvalue weighted by Crippen LogP contribution is -2.34. The van der Waals surface area contributed by atoms with E-state index in [-0.39, 0.29) is 29.5 Å². The van der Waals surface area contributed by atoms with Crippen LogP contribution in [0.3, 0.4) is 0 Å². The summed E-state index contributed by atoms with van der Waals surface area (Å²) in [6.45, 7) is 4.93. The van der Waals surface area contributed by atoms with Gasteiger partial charge < -0.3 is 25.4 Å². The molecule has 0 unspecified atom stereocenters. The highest BCUT2D eigenvalue weighted by atomic mass is 35.5. The maximum Gasteiger partial charge on any atom is 0.258 e. The highest BCUT2D eigenvalue weighted by Gasteiger charge is 2.14. The highest BCUT2D eigenvalue weighted by molar-refractivity contribution is 6.34. The van der Waals surface area contributed by atoms with E-state index in [0.29, 0.717) is 28.4 Å². The molecule has 0 saturated carbocycles. The Balaban J connectivity index is 2.09. The van der Waals surface area contributed by atoms with Gasteiger partial charge in [-0.1, -0.05) is 11.6 Å². The quantitative estimate of drug-likeness (QED) is 0.591. The van der Waals surface area contributed by atoms with Gasteiger partial charge in [0.15, 0.2) is 18.1 Å². The standard InChI is InChI=1S/C21H24ClN3O5/c1-12(2)23-20(27)11-30-18-8-5-14(9-19(18)29-4)21(28)25-17-7-6-15(10-16(17)22)24-13(3)26/h5-10,12H,11H2,1-4H3,(H,23,27)(H,24,26)(H,25,28). The molecular weight excluding hydrogens is 410 g/mol. The number of hydrogen-bond acceptors (Lipinski definition) is 5. The second-order valence-corrected chi connectivity index (χ2v) is 7.11. The van der Waals surface area contributed by atoms with Crippen molar-refractivity contribution < 1.29 is 23.9 Å². The highest BCUT2D eigenvalue weighted by Crippen LogP contribution is 2.30. The predicted octanol–water partition coefficient (Wildman–Crippen LogP) is 3.46. The maximum atomic E-state index is 12.6. The first-order chi connectivity index (χ1) is 14.2. The van der Waals surface area contributed by atoms with Gasteiger partial charge >= 0.3 is 0 Å². The predicted molar refractivity (Wildman–Crippen MR) is 115 cm³/mol. The summed E-state index contributed by atoms with van der Waals surface area (Å²) in [7, 11) is 1.44. The van der Waals surface area contributed by atoms with Crippen molar-refractivity contribution in [1.29, 1.82) is 0 Å². The molecule has 8 nitrogen and oxygen atoms in total. The summed E-state index contributed by atoms with van der Waals surface area (Å²) in [6, 6.07) is 9.37. The van der Waals surface area contributed by atoms with E-state index in [1.807, 2.05) is 13.8 Å². The van der Waals surface area contributed by atoms with Crippen LogP contribution in [0.25, 0.3) is 0 Å². The zero-order valence-electron chi connectivity index (χ0n) is 17.2. The van der Waals surface area contributed by atoms with Gasteiger partial charge in [0.05, 0.1) is 17.8 Å². The summed E-state index contributed by atoms with van der Waals surface area (Å²) in [4.78, 5) is 35.5. The Morgan fingerprint density at radius 2 is 1.77 bits per heavy atom. The van der Waals surface area contributed by atoms with Gasteiger partial charge in [0.2, 0.25) is 5.91 Å². The minimum atomic E-state index is -0.411. The van der Waals surface area contributed by atoms with Gasteiger partial charge in [0.1, 0.15) is 0 Å². The fourth-order valence-electron chi connectivity index (χ4n) is 2.53. The molecule has 0 aliphatic rings. The molecule has 0 saturated heterocycles. The lowest BCUT2D eigenvalue weighted by Gasteiger charge is -2.14. The number of halogens is 1. The summed E-state index contributed by atoms with van der Waals surface area (Å²) in [5.41, 5.74) is 1.23. The van der Waals surface area contributed by atoms with E-state index in [1.54, 1.807) is 24.3 Å². The fourth-order valence-corrected chi connectivity index (χ4v) is 2.75. The molecule has 9 heteroatoms. The maximum absolute atomic E-state index is 12.6. The number of methoxy groups -OCH3 is 1. The molecule has 30 heavy (non-hydrogen) atoms. The summed E-state index contributed by atoms with van der Waals surface area (Å²) in [6.07, 6.45) is 0. The number of benzene rings is 2. The lowest BCUT2D eigenvalue weighted by molar-refractivity contribution is -0.123. The molecule has 2 rings (SSSR count). The Morgan fingerprint density at radius 3 is 2.37 bits per heavy atom. The minimum Gasteiger partial charge on any atom is -0.493 e. The van der Waals surface area contributed by atoms with E-state index in [9.17, 15) is 14.4 Å². The van der Waals surface area contributed by atoms with Crippen molar-refractivity contribution >= 4 is 40.7 Å². The van der Waals surface area contributed by atoms with Crippen LogP contribution in [0.2, 0.25) is 5.02 Å². The van der Waals surface area contributed by atoms with E-state index < -0.39 is 5.91 Å². The van der Waals surface area contributed by atoms with Crippen molar-refractivity contribution in [3.8, 4) is 11.5 Å². The Hall–Kier alpha value is -3.26. The summed E-state index contributed by atoms with van der Waals surface area (Å²) < 4.78 is 10.8. The van der Waals surface area contributed by atoms with Gasteiger partial charge in [-0.2, -0.15) is 0 Å². The van der Waals surface area contributed by atoms with Crippen molar-refractivity contribution in [3.63, 3.8) is 0 Å². The van der Waals surface area contributed by atoms with Gasteiger partial charge in [0.25, 0.3) is 11.8 Å². The van der Waals surface area contributed by atoms with E-state index >= 15 is 0 Å². The molecule has 0 fully saturated rings. The van der Waals surface area contributed by atoms with E-state index in [1.165, 1.54) is 26.2 Å². The lowest BCUT2D eigenvalue weighted by atomic mass is 10.1. The largest absolute Gasteiger partial charge is 0.493 e. The van der Waals surface area contributed by atoms with Crippen LogP contribution in [0.5, 0.6) is 11.5 Å². The summed E-state index contributed by atoms with van der Waals surface area (Å²) in [5, 5.41) is 8.32. The van der Waals surface area contributed by atoms with Crippen LogP contribution < -0.4 is 25.4 Å². The number of anilines is 2. The third-order valence-corrected chi connectivity index (χ3v) is 4.08. The van der Waals surface area contributed by atoms with E-state index in [0.717, 1.165) is 0 Å². The van der Waals surface area contributed by atoms with Gasteiger partial charge in [-0.25, -0.2) is 0 Å². The molecule has 0 radical (unpaired) electrons. The van der Waals surface area contributed by atoms with Gasteiger partial charge in [-0.05, 0) is 50.2 Å². The third-order valence-electron chi connectivity index (χ3n) is 3.77. The van der Waals surface area contributed by atoms with Gasteiger partial charge in [0, 0.05) is 24.2 Å². The molecule has 2 aromatic rings. The van der Waals surface area contributed by atoms with Crippen LogP contribution in [-0.4, -0.2) is 37.5 Å². The van der Waals surface area contributed by atoms with Crippen molar-refractivity contribution in [2.75, 3.05) is 24.4 Å². The molecule has 2 aromatic carbocycles. The van der Waals surface area contributed by atoms with Crippen LogP contribution in [0.1, 0.15) is 31.1 Å². The Labute approximate surface area is 179 Å². The second-order valence-electron chi connectivity index (χ2n) is 6.71. The second kappa shape index (κ2) is 10.5. The Bertz CT molecular complexity index is 946. The SMILES string of the molecule is COc1cc(C(=O)Nc2ccc(NC(C)=O)cc2Cl)ccc1OCC(=O)NC(C)C. The number of ether oxygens (including phenoxy) is 2. The van der Waals surface area contributed by atoms with Crippen molar-refractivity contribution in [1.82, 2.24) is 5.32 Å². The van der Waals surface area contributed by atoms with Crippen molar-refractivity contribution in [2.24, 2.45) is 0 Å². The molecule has 3 N–H and O–H groups in total. The molecule has 0 aliphatic carbocycles. The molecule has 3 amide bonds. The number of rotatable bonds is 8. The number of carbonyl (C=O) groups is 3. The van der Waals surface area contributed by atoms with Gasteiger partial charge in [-0.3, -0.25) is 14.4 Å². The van der Waals surface area contributed by atoms with Crippen LogP contribution in [-0.2, 0) is 9.59 Å². The van der Waals surface area contributed by atoms with Crippen molar-refractivity contribution in [3.05, 3.63) is 47.0 Å². The average molecular weight is 434 g/mol. The molecule has 160 valence electrons. The molecule has 0 aliphatic heterocycles. The first kappa shape index (κ1) is 23.0. The Morgan fingerprint density at radius 1 is 1.03 bits per heavy atom. The summed E-state index contributed by atoms with van der Waals surface area (Å²) in [5.74, 6) is -0.241. The number of carbonyl (C=O) groups excluding carboxylic acids is 3. The third kappa shape index (κ3) is 6.66. The zero-order chi connectivity index (χ0) is 22.3. The zero-order valence-corrected chi connectivity index (χ0v) is 17.9. The van der Waals surface area contributed by atoms with Crippen LogP contribution in [0.4, 0.5) is 11.4 Å². The molecule has 0 spiro atoms. The number of amides is 3. The normalized spacial score (nSPS) is 10.3. The fraction of sp³-hybridized carbons (Fsp3) is 0.286. The van der Waals surface area contributed by atoms with Crippen LogP contribution in [0, 0.1) is 0 Å². The molecule has 0 aromatic heterocycles. The van der Waals surface area contributed by atoms with Crippen molar-refractivity contribution in [2.45, 2.75) is 26.8 Å². The Kier molecular flexibility index (Phi) is 8.06. The monoisotopic (exact) mass is 433 g/mol. The van der Waals surface area contributed by atoms with Gasteiger partial charge in [-0.15, -0.1) is 0 Å². The summed E-state index contributed by atoms with van der Waals surface area (Å²) >= 11 is 6.19. The molecular formula is C21H24ClN3O5. The van der Waals surface area contributed by atoms with Crippen LogP contribution >= 0.6 is 11.6 Å². The number of hydrogen-bond donors (Lipinski definition) is 3. The molecule has 0 heterocycles. The minimum absolute atomic E-state index is 0.00759. The smallest absolute Gasteiger partial charge is 0.258 e. The van der Waals surface area contributed by atoms with Crippen LogP contribution in [0.15, 0.2) is 36.4 Å². The molecule has 0 atom stereocenters. The van der Waals surface area contributed by atoms with E-state index in [4.69, 9.17) is 21.1 Å².